The predicted octanol–water partition coefficient (Wildman–Crippen LogP) is -0.675. The van der Waals surface area contributed by atoms with Gasteiger partial charge in [0.05, 0.1) is 6.20 Å². The number of thiazole rings is 1. The number of carbonyl (C=O) groups excluding carboxylic acids is 4. The van der Waals surface area contributed by atoms with Crippen LogP contribution in [0.1, 0.15) is 25.0 Å². The second-order valence-electron chi connectivity index (χ2n) is 10.2. The Bertz CT molecular complexity index is 1580. The van der Waals surface area contributed by atoms with Crippen molar-refractivity contribution < 1.29 is 33.9 Å². The third kappa shape index (κ3) is 5.80. The van der Waals surface area contributed by atoms with Crippen LogP contribution in [0.15, 0.2) is 45.6 Å². The third-order valence-electron chi connectivity index (χ3n) is 7.43. The summed E-state index contributed by atoms with van der Waals surface area (Å²) in [5.74, 6) is -2.56. The highest BCUT2D eigenvalue weighted by molar-refractivity contribution is 8.00. The van der Waals surface area contributed by atoms with Crippen molar-refractivity contribution in [1.29, 1.82) is 0 Å². The number of carboxylic acids is 1. The van der Waals surface area contributed by atoms with Crippen molar-refractivity contribution in [3.8, 4) is 0 Å². The van der Waals surface area contributed by atoms with Gasteiger partial charge in [0.1, 0.15) is 41.3 Å². The number of hydrogen-bond acceptors (Lipinski definition) is 15. The summed E-state index contributed by atoms with van der Waals surface area (Å²) in [6.45, 7) is 1.22. The van der Waals surface area contributed by atoms with E-state index in [1.807, 2.05) is 0 Å². The lowest BCUT2D eigenvalue weighted by Crippen LogP contribution is -2.71. The van der Waals surface area contributed by atoms with Gasteiger partial charge < -0.3 is 31.2 Å². The number of hydrazine groups is 2. The number of aromatic nitrogens is 1. The van der Waals surface area contributed by atoms with Gasteiger partial charge in [0.25, 0.3) is 23.6 Å². The molecule has 2 atom stereocenters. The quantitative estimate of drug-likeness (QED) is 0.0721. The molecule has 4 amide bonds. The molecule has 0 aromatic carbocycles. The average Bonchev–Trinajstić information content (AvgIpc) is 3.67. The van der Waals surface area contributed by atoms with E-state index in [2.05, 4.69) is 26.3 Å². The highest BCUT2D eigenvalue weighted by atomic mass is 32.2. The van der Waals surface area contributed by atoms with Gasteiger partial charge in [0.2, 0.25) is 0 Å². The molecule has 6 heterocycles. The first-order valence-electron chi connectivity index (χ1n) is 13.7. The van der Waals surface area contributed by atoms with Crippen molar-refractivity contribution in [1.82, 2.24) is 40.4 Å². The van der Waals surface area contributed by atoms with Crippen LogP contribution in [0.4, 0.5) is 5.13 Å². The Morgan fingerprint density at radius 3 is 2.73 bits per heavy atom. The molecule has 20 heteroatoms. The van der Waals surface area contributed by atoms with Crippen molar-refractivity contribution >= 4 is 75.5 Å². The van der Waals surface area contributed by atoms with Gasteiger partial charge in [-0.3, -0.25) is 24.1 Å². The molecule has 0 bridgehead atoms. The Balaban J connectivity index is 1.08. The summed E-state index contributed by atoms with van der Waals surface area (Å²) in [5, 5.41) is 21.7. The van der Waals surface area contributed by atoms with Crippen molar-refractivity contribution in [3.63, 3.8) is 0 Å². The van der Waals surface area contributed by atoms with Gasteiger partial charge >= 0.3 is 5.97 Å². The van der Waals surface area contributed by atoms with Crippen molar-refractivity contribution in [2.75, 3.05) is 37.4 Å². The number of amides is 4. The first-order valence-corrected chi connectivity index (χ1v) is 16.6. The number of nitrogens with two attached hydrogens (primary N) is 1. The normalized spacial score (nSPS) is 23.1. The zero-order chi connectivity index (χ0) is 31.8. The molecule has 238 valence electrons. The minimum Gasteiger partial charge on any atom is -0.477 e. The molecule has 0 saturated carbocycles. The number of rotatable bonds is 9. The summed E-state index contributed by atoms with van der Waals surface area (Å²) in [5.41, 5.74) is 8.92. The number of hydrogen-bond donors (Lipinski definition) is 5. The molecule has 2 fully saturated rings. The average molecular weight is 677 g/mol. The molecule has 5 aliphatic rings. The Kier molecular flexibility index (Phi) is 8.62. The number of carboxylic acid groups (broad SMARTS) is 1. The number of aliphatic carboxylic acids is 1. The molecule has 1 aromatic rings. The van der Waals surface area contributed by atoms with E-state index in [1.54, 1.807) is 11.1 Å². The number of carbonyl (C=O) groups is 5. The van der Waals surface area contributed by atoms with Crippen LogP contribution < -0.4 is 21.9 Å². The fourth-order valence-electron chi connectivity index (χ4n) is 5.27. The van der Waals surface area contributed by atoms with E-state index >= 15 is 0 Å². The highest BCUT2D eigenvalue weighted by Crippen LogP contribution is 2.41. The predicted molar refractivity (Wildman–Crippen MR) is 164 cm³/mol. The summed E-state index contributed by atoms with van der Waals surface area (Å²) in [6.07, 6.45) is 5.87. The van der Waals surface area contributed by atoms with Gasteiger partial charge in [-0.1, -0.05) is 5.16 Å². The zero-order valence-electron chi connectivity index (χ0n) is 23.7. The van der Waals surface area contributed by atoms with Gasteiger partial charge in [0.15, 0.2) is 10.8 Å². The molecule has 0 spiro atoms. The molecule has 0 unspecified atom stereocenters. The van der Waals surface area contributed by atoms with Gasteiger partial charge in [-0.05, 0) is 36.8 Å². The number of piperidine rings is 1. The van der Waals surface area contributed by atoms with Crippen molar-refractivity contribution in [2.45, 2.75) is 30.7 Å². The Hall–Kier alpha value is -4.27. The van der Waals surface area contributed by atoms with Crippen LogP contribution in [0, 0.1) is 0 Å². The van der Waals surface area contributed by atoms with Crippen LogP contribution in [-0.4, -0.2) is 108 Å². The lowest BCUT2D eigenvalue weighted by Gasteiger charge is -2.49. The van der Waals surface area contributed by atoms with Crippen LogP contribution >= 0.6 is 35.0 Å². The number of anilines is 1. The van der Waals surface area contributed by atoms with E-state index in [1.165, 1.54) is 51.8 Å². The van der Waals surface area contributed by atoms with Gasteiger partial charge in [0, 0.05) is 36.2 Å². The van der Waals surface area contributed by atoms with Gasteiger partial charge in [-0.25, -0.2) is 19.2 Å². The fourth-order valence-corrected chi connectivity index (χ4v) is 8.14. The maximum Gasteiger partial charge on any atom is 0.352 e. The van der Waals surface area contributed by atoms with Crippen molar-refractivity contribution in [3.05, 3.63) is 46.1 Å². The number of nitrogens with zero attached hydrogens (tertiary/aromatic N) is 6. The van der Waals surface area contributed by atoms with E-state index in [9.17, 15) is 29.1 Å². The van der Waals surface area contributed by atoms with Crippen LogP contribution in [0.25, 0.3) is 0 Å². The van der Waals surface area contributed by atoms with Crippen LogP contribution in [-0.2, 0) is 28.8 Å². The molecule has 1 aromatic heterocycles. The lowest BCUT2D eigenvalue weighted by atomic mass is 10.0. The second kappa shape index (κ2) is 12.6. The maximum atomic E-state index is 13.1. The monoisotopic (exact) mass is 676 g/mol. The Morgan fingerprint density at radius 2 is 2.04 bits per heavy atom. The SMILES string of the molecule is CO/N=C(\C(=O)N[C@@H]1C(=O)N2C(C(=O)O)=C(CSN3C=C4NC=C(C(=O)N5CCCCC5)C(=O)N4N3)CS[C@H]12)c1csc(N)n1. The molecular formula is C25H28N10O7S3. The highest BCUT2D eigenvalue weighted by Gasteiger charge is 2.54. The molecule has 17 nitrogen and oxygen atoms in total. The van der Waals surface area contributed by atoms with E-state index in [0.717, 1.165) is 35.5 Å². The summed E-state index contributed by atoms with van der Waals surface area (Å²) in [4.78, 5) is 76.1. The Labute approximate surface area is 268 Å². The van der Waals surface area contributed by atoms with E-state index in [0.29, 0.717) is 24.5 Å². The zero-order valence-corrected chi connectivity index (χ0v) is 26.2. The molecule has 0 radical (unpaired) electrons. The topological polar surface area (TPSA) is 215 Å². The molecule has 45 heavy (non-hydrogen) atoms. The molecule has 5 aliphatic heterocycles. The van der Waals surface area contributed by atoms with E-state index in [-0.39, 0.29) is 45.2 Å². The fraction of sp³-hybridized carbons (Fsp3) is 0.400. The summed E-state index contributed by atoms with van der Waals surface area (Å²) in [6, 6.07) is -0.989. The number of nitrogens with one attached hydrogen (secondary N) is 3. The number of oxime groups is 1. The number of thioether (sulfide) groups is 1. The van der Waals surface area contributed by atoms with Gasteiger partial charge in [-0.2, -0.15) is 0 Å². The van der Waals surface area contributed by atoms with E-state index < -0.39 is 35.1 Å². The summed E-state index contributed by atoms with van der Waals surface area (Å²) < 4.78 is 1.52. The molecule has 6 rings (SSSR count). The van der Waals surface area contributed by atoms with Crippen LogP contribution in [0.5, 0.6) is 0 Å². The molecule has 6 N–H and O–H groups in total. The second-order valence-corrected chi connectivity index (χ2v) is 13.2. The lowest BCUT2D eigenvalue weighted by molar-refractivity contribution is -0.150. The van der Waals surface area contributed by atoms with Crippen LogP contribution in [0.3, 0.4) is 0 Å². The smallest absolute Gasteiger partial charge is 0.352 e. The van der Waals surface area contributed by atoms with Crippen molar-refractivity contribution in [2.24, 2.45) is 5.16 Å². The third-order valence-corrected chi connectivity index (χ3v) is 10.4. The van der Waals surface area contributed by atoms with Gasteiger partial charge in [-0.15, -0.1) is 28.6 Å². The van der Waals surface area contributed by atoms with Crippen LogP contribution in [0.2, 0.25) is 0 Å². The molecule has 2 saturated heterocycles. The summed E-state index contributed by atoms with van der Waals surface area (Å²) in [7, 11) is 1.26. The maximum absolute atomic E-state index is 13.1. The number of fused-ring (bicyclic) bond motifs is 2. The minimum absolute atomic E-state index is 0.0215. The first-order chi connectivity index (χ1) is 21.7. The molecule has 0 aliphatic carbocycles. The molecular weight excluding hydrogens is 649 g/mol. The number of likely N-dealkylation sites (tertiary alicyclic amines) is 1. The first kappa shape index (κ1) is 30.7. The standard InChI is InChI=1S/C25H28N10O7S3/c1-42-30-16(14-11-44-25(26)28-14)19(36)29-17-22(39)34-18(24(40)41)12(9-43-23(17)34)10-45-33-8-15-27-7-13(21(38)35(15)31-33)20(37)32-5-3-2-4-6-32/h7-8,11,17,23,27,31H,2-6,9-10H2,1H3,(H2,26,28)(H,29,36)(H,40,41)/b30-16-/t17-,23-/m1/s1. The minimum atomic E-state index is -1.28. The largest absolute Gasteiger partial charge is 0.477 e. The Morgan fingerprint density at radius 1 is 1.27 bits per heavy atom. The number of nitrogen functional groups attached to an aromatic ring is 1. The van der Waals surface area contributed by atoms with E-state index in [4.69, 9.17) is 10.6 Å². The number of β-lactam (4-membered cyclic amide) rings is 1. The summed E-state index contributed by atoms with van der Waals surface area (Å²) >= 11 is 3.59.